The fourth-order valence-electron chi connectivity index (χ4n) is 2.09. The average molecular weight is 316 g/mol. The lowest BCUT2D eigenvalue weighted by Crippen LogP contribution is -2.34. The first-order valence-corrected chi connectivity index (χ1v) is 7.36. The van der Waals surface area contributed by atoms with Gasteiger partial charge in [0.15, 0.2) is 5.82 Å². The lowest BCUT2D eigenvalue weighted by atomic mass is 10.1. The lowest BCUT2D eigenvalue weighted by Gasteiger charge is -2.17. The minimum absolute atomic E-state index is 0.177. The molecule has 3 N–H and O–H groups in total. The average Bonchev–Trinajstić information content (AvgIpc) is 2.96. The summed E-state index contributed by atoms with van der Waals surface area (Å²) in [4.78, 5) is 24.0. The molecule has 23 heavy (non-hydrogen) atoms. The molecule has 0 unspecified atom stereocenters. The number of hydrogen-bond donors (Lipinski definition) is 3. The number of anilines is 2. The number of nitrogens with one attached hydrogen (secondary N) is 3. The zero-order valence-corrected chi connectivity index (χ0v) is 13.3. The topological polar surface area (TPSA) is 96.3 Å². The van der Waals surface area contributed by atoms with Crippen LogP contribution in [-0.2, 0) is 4.79 Å². The summed E-state index contributed by atoms with van der Waals surface area (Å²) in [5.74, 6) is 0.613. The predicted molar refractivity (Wildman–Crippen MR) is 87.4 cm³/mol. The standard InChI is InChI=1S/C16H20N4O3/c1-4-13(16(22)19-14-8-10(2)23-20-14)18-12-7-5-6-11(9-12)15(21)17-3/h5-9,13,18H,4H2,1-3H3,(H,17,21)(H,19,20,22)/t13-/m1/s1. The van der Waals surface area contributed by atoms with E-state index >= 15 is 0 Å². The molecule has 2 rings (SSSR count). The molecule has 0 saturated carbocycles. The van der Waals surface area contributed by atoms with Gasteiger partial charge in [0.1, 0.15) is 11.8 Å². The largest absolute Gasteiger partial charge is 0.374 e. The van der Waals surface area contributed by atoms with E-state index in [1.807, 2.05) is 13.0 Å². The van der Waals surface area contributed by atoms with E-state index in [1.165, 1.54) is 0 Å². The van der Waals surface area contributed by atoms with Crippen molar-refractivity contribution in [1.29, 1.82) is 0 Å². The van der Waals surface area contributed by atoms with Crippen molar-refractivity contribution in [1.82, 2.24) is 10.5 Å². The van der Waals surface area contributed by atoms with Crippen LogP contribution in [0.2, 0.25) is 0 Å². The summed E-state index contributed by atoms with van der Waals surface area (Å²) in [6.07, 6.45) is 0.576. The summed E-state index contributed by atoms with van der Waals surface area (Å²) >= 11 is 0. The van der Waals surface area contributed by atoms with Gasteiger partial charge in [-0.15, -0.1) is 0 Å². The monoisotopic (exact) mass is 316 g/mol. The second-order valence-corrected chi connectivity index (χ2v) is 5.08. The van der Waals surface area contributed by atoms with Crippen LogP contribution in [0.1, 0.15) is 29.5 Å². The van der Waals surface area contributed by atoms with Gasteiger partial charge in [0.2, 0.25) is 5.91 Å². The van der Waals surface area contributed by atoms with Crippen LogP contribution in [0, 0.1) is 6.92 Å². The molecule has 1 heterocycles. The predicted octanol–water partition coefficient (Wildman–Crippen LogP) is 2.17. The molecule has 0 aliphatic rings. The molecule has 1 aromatic carbocycles. The third kappa shape index (κ3) is 4.32. The molecule has 7 nitrogen and oxygen atoms in total. The maximum absolute atomic E-state index is 12.3. The van der Waals surface area contributed by atoms with Gasteiger partial charge in [0.05, 0.1) is 0 Å². The molecular weight excluding hydrogens is 296 g/mol. The Morgan fingerprint density at radius 2 is 2.09 bits per heavy atom. The van der Waals surface area contributed by atoms with E-state index in [4.69, 9.17) is 4.52 Å². The number of aromatic nitrogens is 1. The summed E-state index contributed by atoms with van der Waals surface area (Å²) in [5, 5.41) is 12.1. The van der Waals surface area contributed by atoms with Gasteiger partial charge in [0.25, 0.3) is 5.91 Å². The number of benzene rings is 1. The number of carbonyl (C=O) groups excluding carboxylic acids is 2. The molecule has 0 spiro atoms. The SMILES string of the molecule is CC[C@@H](Nc1cccc(C(=O)NC)c1)C(=O)Nc1cc(C)on1. The first-order valence-electron chi connectivity index (χ1n) is 7.36. The quantitative estimate of drug-likeness (QED) is 0.759. The molecule has 1 aromatic heterocycles. The Labute approximate surface area is 134 Å². The van der Waals surface area contributed by atoms with Gasteiger partial charge in [-0.25, -0.2) is 0 Å². The smallest absolute Gasteiger partial charge is 0.251 e. The van der Waals surface area contributed by atoms with Gasteiger partial charge < -0.3 is 20.5 Å². The molecule has 2 amide bonds. The molecule has 0 radical (unpaired) electrons. The van der Waals surface area contributed by atoms with E-state index in [1.54, 1.807) is 38.2 Å². The van der Waals surface area contributed by atoms with E-state index in [0.29, 0.717) is 29.2 Å². The van der Waals surface area contributed by atoms with Crippen molar-refractivity contribution in [3.63, 3.8) is 0 Å². The van der Waals surface area contributed by atoms with Gasteiger partial charge >= 0.3 is 0 Å². The van der Waals surface area contributed by atoms with Gasteiger partial charge in [-0.05, 0) is 31.5 Å². The lowest BCUT2D eigenvalue weighted by molar-refractivity contribution is -0.117. The number of amides is 2. The summed E-state index contributed by atoms with van der Waals surface area (Å²) in [5.41, 5.74) is 1.23. The Bertz CT molecular complexity index is 696. The second kappa shape index (κ2) is 7.44. The zero-order valence-electron chi connectivity index (χ0n) is 13.3. The number of hydrogen-bond acceptors (Lipinski definition) is 5. The van der Waals surface area contributed by atoms with Crippen molar-refractivity contribution in [2.45, 2.75) is 26.3 Å². The Morgan fingerprint density at radius 1 is 1.30 bits per heavy atom. The van der Waals surface area contributed by atoms with Crippen molar-refractivity contribution in [2.24, 2.45) is 0 Å². The fourth-order valence-corrected chi connectivity index (χ4v) is 2.09. The van der Waals surface area contributed by atoms with E-state index in [-0.39, 0.29) is 11.8 Å². The van der Waals surface area contributed by atoms with Crippen molar-refractivity contribution < 1.29 is 14.1 Å². The third-order valence-corrected chi connectivity index (χ3v) is 3.30. The molecule has 0 saturated heterocycles. The Kier molecular flexibility index (Phi) is 5.35. The second-order valence-electron chi connectivity index (χ2n) is 5.08. The van der Waals surface area contributed by atoms with Gasteiger partial charge in [-0.3, -0.25) is 9.59 Å². The number of aryl methyl sites for hydroxylation is 1. The highest BCUT2D eigenvalue weighted by atomic mass is 16.5. The summed E-state index contributed by atoms with van der Waals surface area (Å²) in [7, 11) is 1.57. The third-order valence-electron chi connectivity index (χ3n) is 3.30. The van der Waals surface area contributed by atoms with Crippen molar-refractivity contribution in [2.75, 3.05) is 17.7 Å². The Hall–Kier alpha value is -2.83. The Balaban J connectivity index is 2.06. The van der Waals surface area contributed by atoms with Crippen LogP contribution in [-0.4, -0.2) is 30.1 Å². The summed E-state index contributed by atoms with van der Waals surface area (Å²) in [6, 6.07) is 8.18. The Morgan fingerprint density at radius 3 is 2.70 bits per heavy atom. The molecule has 122 valence electrons. The molecular formula is C16H20N4O3. The maximum Gasteiger partial charge on any atom is 0.251 e. The minimum Gasteiger partial charge on any atom is -0.374 e. The number of nitrogens with zero attached hydrogens (tertiary/aromatic N) is 1. The van der Waals surface area contributed by atoms with E-state index in [2.05, 4.69) is 21.1 Å². The van der Waals surface area contributed by atoms with Crippen LogP contribution in [0.15, 0.2) is 34.9 Å². The van der Waals surface area contributed by atoms with Crippen molar-refractivity contribution in [3.8, 4) is 0 Å². The van der Waals surface area contributed by atoms with E-state index in [9.17, 15) is 9.59 Å². The zero-order chi connectivity index (χ0) is 16.8. The molecule has 0 aliphatic heterocycles. The normalized spacial score (nSPS) is 11.6. The van der Waals surface area contributed by atoms with Crippen LogP contribution in [0.3, 0.4) is 0 Å². The molecule has 1 atom stereocenters. The van der Waals surface area contributed by atoms with E-state index in [0.717, 1.165) is 0 Å². The summed E-state index contributed by atoms with van der Waals surface area (Å²) < 4.78 is 4.92. The van der Waals surface area contributed by atoms with Gasteiger partial charge in [0, 0.05) is 24.4 Å². The first kappa shape index (κ1) is 16.5. The van der Waals surface area contributed by atoms with E-state index < -0.39 is 6.04 Å². The molecule has 0 fully saturated rings. The molecule has 0 bridgehead atoms. The van der Waals surface area contributed by atoms with Crippen molar-refractivity contribution >= 4 is 23.3 Å². The minimum atomic E-state index is -0.452. The fraction of sp³-hybridized carbons (Fsp3) is 0.312. The van der Waals surface area contributed by atoms with Crippen LogP contribution in [0.25, 0.3) is 0 Å². The first-order chi connectivity index (χ1) is 11.0. The highest BCUT2D eigenvalue weighted by molar-refractivity contribution is 5.97. The van der Waals surface area contributed by atoms with Crippen LogP contribution >= 0.6 is 0 Å². The highest BCUT2D eigenvalue weighted by Crippen LogP contribution is 2.14. The van der Waals surface area contributed by atoms with Gasteiger partial charge in [-0.2, -0.15) is 0 Å². The van der Waals surface area contributed by atoms with Crippen LogP contribution < -0.4 is 16.0 Å². The highest BCUT2D eigenvalue weighted by Gasteiger charge is 2.18. The van der Waals surface area contributed by atoms with Crippen LogP contribution in [0.5, 0.6) is 0 Å². The van der Waals surface area contributed by atoms with Gasteiger partial charge in [-0.1, -0.05) is 18.1 Å². The van der Waals surface area contributed by atoms with Crippen LogP contribution in [0.4, 0.5) is 11.5 Å². The number of carbonyl (C=O) groups is 2. The maximum atomic E-state index is 12.3. The van der Waals surface area contributed by atoms with Crippen molar-refractivity contribution in [3.05, 3.63) is 41.7 Å². The molecule has 0 aliphatic carbocycles. The number of rotatable bonds is 6. The summed E-state index contributed by atoms with van der Waals surface area (Å²) in [6.45, 7) is 3.65. The molecule has 7 heteroatoms. The molecule has 2 aromatic rings.